The molecule has 0 saturated heterocycles. The molecule has 5 rings (SSSR count). The minimum Gasteiger partial charge on any atom is -0.437 e. The Morgan fingerprint density at radius 3 is 2.38 bits per heavy atom. The fourth-order valence-corrected chi connectivity index (χ4v) is 4.49. The van der Waals surface area contributed by atoms with E-state index in [-0.39, 0.29) is 6.61 Å². The Bertz CT molecular complexity index is 1580. The number of hydrogen-bond acceptors (Lipinski definition) is 6. The molecule has 4 N–H and O–H groups in total. The van der Waals surface area contributed by atoms with Crippen molar-refractivity contribution in [2.24, 2.45) is 5.73 Å². The molecule has 2 heterocycles. The van der Waals surface area contributed by atoms with Crippen molar-refractivity contribution in [3.63, 3.8) is 0 Å². The van der Waals surface area contributed by atoms with Gasteiger partial charge in [-0.2, -0.15) is 0 Å². The molecule has 0 fully saturated rings. The van der Waals surface area contributed by atoms with E-state index in [4.69, 9.17) is 10.2 Å². The molecule has 184 valence electrons. The number of fused-ring (bicyclic) bond motifs is 1. The summed E-state index contributed by atoms with van der Waals surface area (Å²) >= 11 is 0. The lowest BCUT2D eigenvalue weighted by Gasteiger charge is -2.18. The van der Waals surface area contributed by atoms with Crippen molar-refractivity contribution in [3.8, 4) is 22.5 Å². The van der Waals surface area contributed by atoms with Gasteiger partial charge >= 0.3 is 0 Å². The number of anilines is 1. The molecule has 0 bridgehead atoms. The Labute approximate surface area is 214 Å². The first-order valence-electron chi connectivity index (χ1n) is 11.9. The number of aliphatic hydroxyl groups is 1. The molecule has 1 unspecified atom stereocenters. The fourth-order valence-electron chi connectivity index (χ4n) is 4.49. The van der Waals surface area contributed by atoms with Gasteiger partial charge in [0.05, 0.1) is 18.0 Å². The number of furan rings is 1. The fraction of sp³-hybridized carbons (Fsp3) is 0.100. The summed E-state index contributed by atoms with van der Waals surface area (Å²) in [6, 6.07) is 26.6. The molecule has 0 aliphatic heterocycles. The first kappa shape index (κ1) is 24.0. The lowest BCUT2D eigenvalue weighted by molar-refractivity contribution is -0.112. The van der Waals surface area contributed by atoms with Crippen LogP contribution in [0.5, 0.6) is 0 Å². The van der Waals surface area contributed by atoms with Gasteiger partial charge < -0.3 is 20.6 Å². The summed E-state index contributed by atoms with van der Waals surface area (Å²) in [5, 5.41) is 14.2. The first-order chi connectivity index (χ1) is 18.1. The van der Waals surface area contributed by atoms with E-state index in [1.165, 1.54) is 6.33 Å². The Morgan fingerprint density at radius 1 is 1.00 bits per heavy atom. The lowest BCUT2D eigenvalue weighted by Crippen LogP contribution is -2.16. The van der Waals surface area contributed by atoms with Crippen molar-refractivity contribution in [2.45, 2.75) is 13.0 Å². The Kier molecular flexibility index (Phi) is 6.78. The third kappa shape index (κ3) is 4.72. The van der Waals surface area contributed by atoms with Crippen molar-refractivity contribution in [1.29, 1.82) is 0 Å². The molecule has 0 saturated carbocycles. The molecule has 0 aliphatic carbocycles. The van der Waals surface area contributed by atoms with Crippen LogP contribution in [-0.4, -0.2) is 27.6 Å². The number of aromatic nitrogens is 2. The zero-order valence-electron chi connectivity index (χ0n) is 20.3. The monoisotopic (exact) mass is 490 g/mol. The van der Waals surface area contributed by atoms with Crippen LogP contribution in [0.4, 0.5) is 5.82 Å². The van der Waals surface area contributed by atoms with Crippen LogP contribution >= 0.6 is 0 Å². The van der Waals surface area contributed by atoms with Crippen molar-refractivity contribution < 1.29 is 14.3 Å². The van der Waals surface area contributed by atoms with Gasteiger partial charge in [0, 0.05) is 16.7 Å². The van der Waals surface area contributed by atoms with Gasteiger partial charge in [0.15, 0.2) is 0 Å². The van der Waals surface area contributed by atoms with Crippen LogP contribution in [0.25, 0.3) is 39.1 Å². The van der Waals surface area contributed by atoms with Crippen molar-refractivity contribution in [3.05, 3.63) is 108 Å². The summed E-state index contributed by atoms with van der Waals surface area (Å²) in [5.41, 5.74) is 10.5. The average Bonchev–Trinajstić information content (AvgIpc) is 3.34. The van der Waals surface area contributed by atoms with E-state index in [0.29, 0.717) is 33.8 Å². The van der Waals surface area contributed by atoms with Gasteiger partial charge in [-0.05, 0) is 29.7 Å². The largest absolute Gasteiger partial charge is 0.437 e. The van der Waals surface area contributed by atoms with Gasteiger partial charge in [-0.15, -0.1) is 0 Å². The highest BCUT2D eigenvalue weighted by molar-refractivity contribution is 6.19. The van der Waals surface area contributed by atoms with E-state index in [9.17, 15) is 9.90 Å². The van der Waals surface area contributed by atoms with E-state index in [1.54, 1.807) is 13.0 Å². The maximum atomic E-state index is 12.1. The molecule has 3 aromatic carbocycles. The van der Waals surface area contributed by atoms with Gasteiger partial charge in [-0.1, -0.05) is 84.9 Å². The number of carbonyl (C=O) groups excluding carboxylic acids is 1. The molecule has 37 heavy (non-hydrogen) atoms. The molecule has 7 nitrogen and oxygen atoms in total. The SMILES string of the molecule is CC=C(C(N)=O)c1cccc(-c2c(-c3ccccc3)oc3ncnc(NC(CO)c4ccccc4)c23)c1. The number of amides is 1. The number of nitrogens with one attached hydrogen (secondary N) is 1. The van der Waals surface area contributed by atoms with Gasteiger partial charge in [0.25, 0.3) is 0 Å². The quantitative estimate of drug-likeness (QED) is 0.244. The van der Waals surface area contributed by atoms with E-state index in [0.717, 1.165) is 22.3 Å². The topological polar surface area (TPSA) is 114 Å². The lowest BCUT2D eigenvalue weighted by atomic mass is 9.95. The van der Waals surface area contributed by atoms with Crippen LogP contribution in [-0.2, 0) is 4.79 Å². The number of benzene rings is 3. The van der Waals surface area contributed by atoms with E-state index in [2.05, 4.69) is 15.3 Å². The smallest absolute Gasteiger partial charge is 0.248 e. The van der Waals surface area contributed by atoms with E-state index >= 15 is 0 Å². The molecule has 7 heteroatoms. The van der Waals surface area contributed by atoms with E-state index in [1.807, 2.05) is 84.9 Å². The number of primary amides is 1. The summed E-state index contributed by atoms with van der Waals surface area (Å²) in [5.74, 6) is 0.650. The summed E-state index contributed by atoms with van der Waals surface area (Å²) in [6.45, 7) is 1.65. The number of allylic oxidation sites excluding steroid dienone is 1. The molecular weight excluding hydrogens is 464 g/mol. The second-order valence-corrected chi connectivity index (χ2v) is 8.51. The maximum Gasteiger partial charge on any atom is 0.248 e. The van der Waals surface area contributed by atoms with Crippen LogP contribution in [0.15, 0.2) is 102 Å². The van der Waals surface area contributed by atoms with Gasteiger partial charge in [-0.3, -0.25) is 4.79 Å². The number of rotatable bonds is 8. The minimum absolute atomic E-state index is 0.132. The second kappa shape index (κ2) is 10.5. The molecule has 5 aromatic rings. The summed E-state index contributed by atoms with van der Waals surface area (Å²) in [4.78, 5) is 21.0. The summed E-state index contributed by atoms with van der Waals surface area (Å²) in [7, 11) is 0. The molecule has 0 aliphatic rings. The van der Waals surface area contributed by atoms with Crippen molar-refractivity contribution in [1.82, 2.24) is 9.97 Å². The Balaban J connectivity index is 1.74. The van der Waals surface area contributed by atoms with Crippen molar-refractivity contribution >= 4 is 28.4 Å². The van der Waals surface area contributed by atoms with Gasteiger partial charge in [-0.25, -0.2) is 9.97 Å². The Hall–Kier alpha value is -4.75. The molecule has 0 spiro atoms. The predicted molar refractivity (Wildman–Crippen MR) is 145 cm³/mol. The molecule has 0 radical (unpaired) electrons. The van der Waals surface area contributed by atoms with Crippen LogP contribution < -0.4 is 11.1 Å². The predicted octanol–water partition coefficient (Wildman–Crippen LogP) is 5.59. The summed E-state index contributed by atoms with van der Waals surface area (Å²) < 4.78 is 6.32. The second-order valence-electron chi connectivity index (χ2n) is 8.51. The minimum atomic E-state index is -0.501. The Morgan fingerprint density at radius 2 is 1.70 bits per heavy atom. The first-order valence-corrected chi connectivity index (χ1v) is 11.9. The molecule has 1 amide bonds. The molecule has 1 atom stereocenters. The third-order valence-corrected chi connectivity index (χ3v) is 6.24. The highest BCUT2D eigenvalue weighted by Crippen LogP contribution is 2.43. The van der Waals surface area contributed by atoms with E-state index < -0.39 is 11.9 Å². The maximum absolute atomic E-state index is 12.1. The molecule has 2 aromatic heterocycles. The number of nitrogens with two attached hydrogens (primary N) is 1. The zero-order chi connectivity index (χ0) is 25.8. The number of nitrogens with zero attached hydrogens (tertiary/aromatic N) is 2. The highest BCUT2D eigenvalue weighted by atomic mass is 16.3. The number of hydrogen-bond donors (Lipinski definition) is 3. The standard InChI is InChI=1S/C30H26N4O3/c1-2-23(28(31)36)21-14-9-15-22(16-21)25-26-29(34-24(17-35)19-10-5-3-6-11-19)32-18-33-30(26)37-27(25)20-12-7-4-8-13-20/h2-16,18,24,35H,17H2,1H3,(H2,31,36)(H,32,33,34). The third-order valence-electron chi connectivity index (χ3n) is 6.24. The van der Waals surface area contributed by atoms with Gasteiger partial charge in [0.1, 0.15) is 17.9 Å². The van der Waals surface area contributed by atoms with Crippen LogP contribution in [0.3, 0.4) is 0 Å². The van der Waals surface area contributed by atoms with Crippen LogP contribution in [0, 0.1) is 0 Å². The van der Waals surface area contributed by atoms with Crippen LogP contribution in [0.1, 0.15) is 24.1 Å². The zero-order valence-corrected chi connectivity index (χ0v) is 20.3. The number of aliphatic hydroxyl groups excluding tert-OH is 1. The average molecular weight is 491 g/mol. The van der Waals surface area contributed by atoms with Crippen LogP contribution in [0.2, 0.25) is 0 Å². The summed E-state index contributed by atoms with van der Waals surface area (Å²) in [6.07, 6.45) is 3.14. The normalized spacial score (nSPS) is 12.4. The molecular formula is C30H26N4O3. The van der Waals surface area contributed by atoms with Crippen molar-refractivity contribution in [2.75, 3.05) is 11.9 Å². The number of carbonyl (C=O) groups is 1. The van der Waals surface area contributed by atoms with Gasteiger partial charge in [0.2, 0.25) is 11.6 Å². The highest BCUT2D eigenvalue weighted by Gasteiger charge is 2.24.